The van der Waals surface area contributed by atoms with E-state index in [-0.39, 0.29) is 11.9 Å². The molecule has 0 spiro atoms. The predicted octanol–water partition coefficient (Wildman–Crippen LogP) is 3.15. The van der Waals surface area contributed by atoms with Crippen molar-refractivity contribution in [2.75, 3.05) is 14.2 Å². The van der Waals surface area contributed by atoms with E-state index in [4.69, 9.17) is 4.74 Å². The molecule has 0 bridgehead atoms. The second-order valence-corrected chi connectivity index (χ2v) is 5.06. The maximum absolute atomic E-state index is 12.7. The Balaban J connectivity index is 2.29. The van der Waals surface area contributed by atoms with Crippen molar-refractivity contribution in [2.45, 2.75) is 19.1 Å². The van der Waals surface area contributed by atoms with Gasteiger partial charge in [-0.2, -0.15) is 0 Å². The van der Waals surface area contributed by atoms with Crippen LogP contribution >= 0.6 is 0 Å². The van der Waals surface area contributed by atoms with Gasteiger partial charge in [0.15, 0.2) is 5.78 Å². The Bertz CT molecular complexity index is 578. The van der Waals surface area contributed by atoms with Crippen LogP contribution in [0.2, 0.25) is 0 Å². The van der Waals surface area contributed by atoms with Gasteiger partial charge in [0.05, 0.1) is 0 Å². The molecule has 21 heavy (non-hydrogen) atoms. The smallest absolute Gasteiger partial charge is 0.182 e. The number of ketones is 1. The quantitative estimate of drug-likeness (QED) is 0.828. The average molecular weight is 283 g/mol. The van der Waals surface area contributed by atoms with Gasteiger partial charge < -0.3 is 10.1 Å². The van der Waals surface area contributed by atoms with E-state index in [1.54, 1.807) is 14.2 Å². The van der Waals surface area contributed by atoms with Crippen molar-refractivity contribution in [1.29, 1.82) is 0 Å². The van der Waals surface area contributed by atoms with Crippen LogP contribution in [0.4, 0.5) is 0 Å². The van der Waals surface area contributed by atoms with Crippen molar-refractivity contribution in [3.8, 4) is 0 Å². The molecule has 2 atom stereocenters. The van der Waals surface area contributed by atoms with Crippen LogP contribution in [-0.4, -0.2) is 26.0 Å². The number of carbonyl (C=O) groups excluding carboxylic acids is 1. The molecule has 0 amide bonds. The number of carbonyl (C=O) groups is 1. The highest BCUT2D eigenvalue weighted by Crippen LogP contribution is 2.23. The summed E-state index contributed by atoms with van der Waals surface area (Å²) in [4.78, 5) is 12.7. The lowest BCUT2D eigenvalue weighted by atomic mass is 9.94. The monoisotopic (exact) mass is 283 g/mol. The van der Waals surface area contributed by atoms with Crippen LogP contribution in [0.1, 0.15) is 27.6 Å². The molecule has 0 unspecified atom stereocenters. The Kier molecular flexibility index (Phi) is 5.26. The standard InChI is InChI=1S/C18H21NO2/c1-13-9-11-15(12-10-13)18(21-3)16(19-2)17(20)14-7-5-4-6-8-14/h4-12,16,18-19H,1-3H3/t16-,18-/m0/s1. The number of benzene rings is 2. The molecule has 0 aromatic heterocycles. The van der Waals surface area contributed by atoms with E-state index in [1.165, 1.54) is 5.56 Å². The molecule has 3 heteroatoms. The summed E-state index contributed by atoms with van der Waals surface area (Å²) in [5.41, 5.74) is 2.86. The number of hydrogen-bond acceptors (Lipinski definition) is 3. The van der Waals surface area contributed by atoms with Crippen molar-refractivity contribution in [2.24, 2.45) is 0 Å². The van der Waals surface area contributed by atoms with Gasteiger partial charge in [-0.25, -0.2) is 0 Å². The van der Waals surface area contributed by atoms with Gasteiger partial charge in [-0.1, -0.05) is 60.2 Å². The van der Waals surface area contributed by atoms with Crippen molar-refractivity contribution < 1.29 is 9.53 Å². The fourth-order valence-electron chi connectivity index (χ4n) is 2.42. The van der Waals surface area contributed by atoms with Crippen molar-refractivity contribution in [1.82, 2.24) is 5.32 Å². The number of nitrogens with one attached hydrogen (secondary N) is 1. The molecule has 3 nitrogen and oxygen atoms in total. The molecule has 0 aliphatic rings. The van der Waals surface area contributed by atoms with Gasteiger partial charge in [-0.05, 0) is 19.5 Å². The first-order valence-corrected chi connectivity index (χ1v) is 7.03. The molecule has 0 saturated heterocycles. The minimum absolute atomic E-state index is 0.0329. The Morgan fingerprint density at radius 1 is 1.05 bits per heavy atom. The number of ether oxygens (including phenoxy) is 1. The SMILES string of the molecule is CN[C@@H](C(=O)c1ccccc1)[C@@H](OC)c1ccc(C)cc1. The normalized spacial score (nSPS) is 13.7. The second-order valence-electron chi connectivity index (χ2n) is 5.06. The molecule has 0 radical (unpaired) electrons. The van der Waals surface area contributed by atoms with Gasteiger partial charge in [0, 0.05) is 12.7 Å². The number of rotatable bonds is 6. The van der Waals surface area contributed by atoms with Crippen LogP contribution in [0.25, 0.3) is 0 Å². The Morgan fingerprint density at radius 2 is 1.67 bits per heavy atom. The summed E-state index contributed by atoms with van der Waals surface area (Å²) in [5.74, 6) is 0.0329. The first-order chi connectivity index (χ1) is 10.2. The van der Waals surface area contributed by atoms with Gasteiger partial charge in [-0.15, -0.1) is 0 Å². The molecule has 0 fully saturated rings. The van der Waals surface area contributed by atoms with E-state index in [9.17, 15) is 4.79 Å². The fraction of sp³-hybridized carbons (Fsp3) is 0.278. The zero-order valence-electron chi connectivity index (χ0n) is 12.7. The van der Waals surface area contributed by atoms with Crippen LogP contribution < -0.4 is 5.32 Å². The van der Waals surface area contributed by atoms with Gasteiger partial charge in [-0.3, -0.25) is 4.79 Å². The number of aryl methyl sites for hydroxylation is 1. The minimum Gasteiger partial charge on any atom is -0.375 e. The molecule has 0 aliphatic heterocycles. The predicted molar refractivity (Wildman–Crippen MR) is 84.5 cm³/mol. The van der Waals surface area contributed by atoms with Gasteiger partial charge in [0.2, 0.25) is 0 Å². The molecule has 0 saturated carbocycles. The van der Waals surface area contributed by atoms with Crippen molar-refractivity contribution in [3.05, 3.63) is 71.3 Å². The Morgan fingerprint density at radius 3 is 2.19 bits per heavy atom. The maximum atomic E-state index is 12.7. The zero-order chi connectivity index (χ0) is 15.2. The highest BCUT2D eigenvalue weighted by Gasteiger charge is 2.28. The number of hydrogen-bond donors (Lipinski definition) is 1. The number of Topliss-reactive ketones (excluding diaryl/α,β-unsaturated/α-hetero) is 1. The average Bonchev–Trinajstić information content (AvgIpc) is 2.54. The number of methoxy groups -OCH3 is 1. The molecule has 2 aromatic rings. The summed E-state index contributed by atoms with van der Waals surface area (Å²) in [5, 5.41) is 3.09. The third-order valence-corrected chi connectivity index (χ3v) is 3.61. The van der Waals surface area contributed by atoms with Crippen LogP contribution in [0.3, 0.4) is 0 Å². The molecule has 1 N–H and O–H groups in total. The molecule has 2 rings (SSSR count). The maximum Gasteiger partial charge on any atom is 0.182 e. The van der Waals surface area contributed by atoms with Crippen LogP contribution in [0, 0.1) is 6.92 Å². The lowest BCUT2D eigenvalue weighted by molar-refractivity contribution is 0.0565. The minimum atomic E-state index is -0.417. The number of likely N-dealkylation sites (N-methyl/N-ethyl adjacent to an activating group) is 1. The Labute approximate surface area is 126 Å². The van der Waals surface area contributed by atoms with E-state index >= 15 is 0 Å². The van der Waals surface area contributed by atoms with E-state index in [0.29, 0.717) is 5.56 Å². The first kappa shape index (κ1) is 15.4. The molecule has 0 aliphatic carbocycles. The van der Waals surface area contributed by atoms with Gasteiger partial charge in [0.1, 0.15) is 12.1 Å². The molecule has 110 valence electrons. The van der Waals surface area contributed by atoms with E-state index in [1.807, 2.05) is 61.5 Å². The summed E-state index contributed by atoms with van der Waals surface area (Å²) >= 11 is 0. The lowest BCUT2D eigenvalue weighted by Gasteiger charge is -2.25. The summed E-state index contributed by atoms with van der Waals surface area (Å²) in [7, 11) is 3.42. The lowest BCUT2D eigenvalue weighted by Crippen LogP contribution is -2.40. The topological polar surface area (TPSA) is 38.3 Å². The molecule has 2 aromatic carbocycles. The summed E-state index contributed by atoms with van der Waals surface area (Å²) in [6.07, 6.45) is -0.316. The van der Waals surface area contributed by atoms with E-state index in [2.05, 4.69) is 5.32 Å². The van der Waals surface area contributed by atoms with E-state index in [0.717, 1.165) is 5.56 Å². The highest BCUT2D eigenvalue weighted by atomic mass is 16.5. The van der Waals surface area contributed by atoms with Crippen molar-refractivity contribution >= 4 is 5.78 Å². The third-order valence-electron chi connectivity index (χ3n) is 3.61. The fourth-order valence-corrected chi connectivity index (χ4v) is 2.42. The Hall–Kier alpha value is -1.97. The van der Waals surface area contributed by atoms with Crippen LogP contribution in [-0.2, 0) is 4.74 Å². The highest BCUT2D eigenvalue weighted by molar-refractivity contribution is 6.00. The third kappa shape index (κ3) is 3.57. The largest absolute Gasteiger partial charge is 0.375 e. The molecule has 0 heterocycles. The molecular weight excluding hydrogens is 262 g/mol. The van der Waals surface area contributed by atoms with E-state index < -0.39 is 6.04 Å². The first-order valence-electron chi connectivity index (χ1n) is 7.03. The summed E-state index contributed by atoms with van der Waals surface area (Å²) < 4.78 is 5.59. The summed E-state index contributed by atoms with van der Waals surface area (Å²) in [6, 6.07) is 16.9. The summed E-state index contributed by atoms with van der Waals surface area (Å²) in [6.45, 7) is 2.04. The van der Waals surface area contributed by atoms with Gasteiger partial charge >= 0.3 is 0 Å². The van der Waals surface area contributed by atoms with Gasteiger partial charge in [0.25, 0.3) is 0 Å². The van der Waals surface area contributed by atoms with Crippen molar-refractivity contribution in [3.63, 3.8) is 0 Å². The van der Waals surface area contributed by atoms with Crippen LogP contribution in [0.15, 0.2) is 54.6 Å². The zero-order valence-corrected chi connectivity index (χ0v) is 12.7. The second kappa shape index (κ2) is 7.16. The van der Waals surface area contributed by atoms with Crippen LogP contribution in [0.5, 0.6) is 0 Å². The molecular formula is C18H21NO2.